The van der Waals surface area contributed by atoms with Gasteiger partial charge in [0, 0.05) is 11.8 Å². The molecule has 0 aliphatic carbocycles. The normalized spacial score (nSPS) is 10.1. The molecule has 1 N–H and O–H groups in total. The van der Waals surface area contributed by atoms with Crippen LogP contribution in [0.1, 0.15) is 15.9 Å². The van der Waals surface area contributed by atoms with Gasteiger partial charge in [-0.1, -0.05) is 6.07 Å². The van der Waals surface area contributed by atoms with Gasteiger partial charge < -0.3 is 9.84 Å². The smallest absolute Gasteiger partial charge is 0.335 e. The summed E-state index contributed by atoms with van der Waals surface area (Å²) in [5, 5.41) is 9.06. The Kier molecular flexibility index (Phi) is 3.28. The fraction of sp³-hybridized carbons (Fsp3) is 0.143. The molecule has 0 spiro atoms. The van der Waals surface area contributed by atoms with Crippen molar-refractivity contribution in [3.63, 3.8) is 0 Å². The molecule has 0 saturated carbocycles. The molecule has 0 unspecified atom stereocenters. The van der Waals surface area contributed by atoms with Crippen LogP contribution >= 0.6 is 0 Å². The Labute approximate surface area is 105 Å². The minimum absolute atomic E-state index is 0.260. The average Bonchev–Trinajstić information content (AvgIpc) is 2.38. The van der Waals surface area contributed by atoms with E-state index >= 15 is 0 Å². The standard InChI is InChI=1S/C14H13NO3/c1-9-6-10(8-11(7-9)14(16)17)12-4-3-5-15-13(12)18-2/h3-8H,1-2H3,(H,16,17). The summed E-state index contributed by atoms with van der Waals surface area (Å²) in [6, 6.07) is 8.81. The Morgan fingerprint density at radius 1 is 1.33 bits per heavy atom. The lowest BCUT2D eigenvalue weighted by atomic mass is 10.0. The molecule has 4 nitrogen and oxygen atoms in total. The fourth-order valence-corrected chi connectivity index (χ4v) is 1.84. The number of aromatic carboxylic acids is 1. The lowest BCUT2D eigenvalue weighted by molar-refractivity contribution is 0.0697. The van der Waals surface area contributed by atoms with Crippen molar-refractivity contribution in [3.8, 4) is 17.0 Å². The van der Waals surface area contributed by atoms with Gasteiger partial charge in [0.2, 0.25) is 5.88 Å². The van der Waals surface area contributed by atoms with Gasteiger partial charge >= 0.3 is 5.97 Å². The molecule has 2 rings (SSSR count). The number of ether oxygens (including phenoxy) is 1. The van der Waals surface area contributed by atoms with Crippen LogP contribution in [-0.2, 0) is 0 Å². The molecule has 0 atom stereocenters. The Balaban J connectivity index is 2.60. The molecule has 18 heavy (non-hydrogen) atoms. The summed E-state index contributed by atoms with van der Waals surface area (Å²) in [6.45, 7) is 1.86. The maximum Gasteiger partial charge on any atom is 0.335 e. The highest BCUT2D eigenvalue weighted by Gasteiger charge is 2.10. The van der Waals surface area contributed by atoms with Crippen LogP contribution in [-0.4, -0.2) is 23.2 Å². The molecule has 0 amide bonds. The van der Waals surface area contributed by atoms with Crippen molar-refractivity contribution >= 4 is 5.97 Å². The molecule has 92 valence electrons. The molecule has 1 heterocycles. The molecule has 0 aliphatic heterocycles. The zero-order valence-corrected chi connectivity index (χ0v) is 10.2. The van der Waals surface area contributed by atoms with Crippen molar-refractivity contribution in [1.29, 1.82) is 0 Å². The number of carboxylic acids is 1. The quantitative estimate of drug-likeness (QED) is 0.900. The van der Waals surface area contributed by atoms with Crippen LogP contribution in [0.3, 0.4) is 0 Å². The highest BCUT2D eigenvalue weighted by molar-refractivity contribution is 5.90. The second-order valence-electron chi connectivity index (χ2n) is 3.95. The van der Waals surface area contributed by atoms with Crippen LogP contribution in [0.2, 0.25) is 0 Å². The first-order valence-corrected chi connectivity index (χ1v) is 5.46. The summed E-state index contributed by atoms with van der Waals surface area (Å²) in [6.07, 6.45) is 1.64. The van der Waals surface area contributed by atoms with Gasteiger partial charge in [-0.3, -0.25) is 0 Å². The van der Waals surface area contributed by atoms with Crippen molar-refractivity contribution in [2.45, 2.75) is 6.92 Å². The van der Waals surface area contributed by atoms with Crippen molar-refractivity contribution < 1.29 is 14.6 Å². The first-order chi connectivity index (χ1) is 8.61. The van der Waals surface area contributed by atoms with Gasteiger partial charge in [0.1, 0.15) is 0 Å². The number of benzene rings is 1. The van der Waals surface area contributed by atoms with Crippen LogP contribution < -0.4 is 4.74 Å². The van der Waals surface area contributed by atoms with E-state index in [0.29, 0.717) is 5.88 Å². The lowest BCUT2D eigenvalue weighted by Gasteiger charge is -2.08. The Hall–Kier alpha value is -2.36. The van der Waals surface area contributed by atoms with Gasteiger partial charge in [-0.15, -0.1) is 0 Å². The number of hydrogen-bond donors (Lipinski definition) is 1. The Bertz CT molecular complexity index is 593. The van der Waals surface area contributed by atoms with Crippen LogP contribution in [0, 0.1) is 6.92 Å². The van der Waals surface area contributed by atoms with E-state index in [1.54, 1.807) is 31.5 Å². The number of carboxylic acid groups (broad SMARTS) is 1. The number of aryl methyl sites for hydroxylation is 1. The molecular weight excluding hydrogens is 230 g/mol. The van der Waals surface area contributed by atoms with Crippen molar-refractivity contribution in [2.75, 3.05) is 7.11 Å². The molecule has 1 aromatic carbocycles. The number of pyridine rings is 1. The van der Waals surface area contributed by atoms with Gasteiger partial charge in [-0.25, -0.2) is 9.78 Å². The summed E-state index contributed by atoms with van der Waals surface area (Å²) in [7, 11) is 1.54. The third-order valence-electron chi connectivity index (χ3n) is 2.60. The third kappa shape index (κ3) is 2.32. The third-order valence-corrected chi connectivity index (χ3v) is 2.60. The van der Waals surface area contributed by atoms with E-state index in [-0.39, 0.29) is 5.56 Å². The highest BCUT2D eigenvalue weighted by atomic mass is 16.5. The maximum atomic E-state index is 11.0. The molecule has 1 aromatic heterocycles. The minimum atomic E-state index is -0.942. The molecule has 0 fully saturated rings. The fourth-order valence-electron chi connectivity index (χ4n) is 1.84. The molecule has 0 radical (unpaired) electrons. The SMILES string of the molecule is COc1ncccc1-c1cc(C)cc(C(=O)O)c1. The van der Waals surface area contributed by atoms with Crippen LogP contribution in [0.4, 0.5) is 0 Å². The molecule has 4 heteroatoms. The number of rotatable bonds is 3. The summed E-state index contributed by atoms with van der Waals surface area (Å²) >= 11 is 0. The zero-order chi connectivity index (χ0) is 13.1. The summed E-state index contributed by atoms with van der Waals surface area (Å²) in [5.41, 5.74) is 2.72. The first kappa shape index (κ1) is 12.1. The van der Waals surface area contributed by atoms with E-state index in [0.717, 1.165) is 16.7 Å². The van der Waals surface area contributed by atoms with Gasteiger partial charge in [-0.2, -0.15) is 0 Å². The van der Waals surface area contributed by atoms with E-state index in [9.17, 15) is 4.79 Å². The van der Waals surface area contributed by atoms with Gasteiger partial charge in [0.25, 0.3) is 0 Å². The van der Waals surface area contributed by atoms with Crippen molar-refractivity contribution in [1.82, 2.24) is 4.98 Å². The first-order valence-electron chi connectivity index (χ1n) is 5.46. The van der Waals surface area contributed by atoms with Gasteiger partial charge in [0.05, 0.1) is 12.7 Å². The lowest BCUT2D eigenvalue weighted by Crippen LogP contribution is -1.98. The second-order valence-corrected chi connectivity index (χ2v) is 3.95. The van der Waals surface area contributed by atoms with E-state index < -0.39 is 5.97 Å². The minimum Gasteiger partial charge on any atom is -0.481 e. The largest absolute Gasteiger partial charge is 0.481 e. The van der Waals surface area contributed by atoms with E-state index in [4.69, 9.17) is 9.84 Å². The monoisotopic (exact) mass is 243 g/mol. The van der Waals surface area contributed by atoms with Gasteiger partial charge in [0.15, 0.2) is 0 Å². The van der Waals surface area contributed by atoms with Crippen molar-refractivity contribution in [2.24, 2.45) is 0 Å². The topological polar surface area (TPSA) is 59.4 Å². The predicted octanol–water partition coefficient (Wildman–Crippen LogP) is 2.76. The number of nitrogens with zero attached hydrogens (tertiary/aromatic N) is 1. The highest BCUT2D eigenvalue weighted by Crippen LogP contribution is 2.29. The number of carbonyl (C=O) groups is 1. The Morgan fingerprint density at radius 2 is 2.11 bits per heavy atom. The van der Waals surface area contributed by atoms with Crippen LogP contribution in [0.5, 0.6) is 5.88 Å². The summed E-state index contributed by atoms with van der Waals surface area (Å²) in [5.74, 6) is -0.456. The second kappa shape index (κ2) is 4.87. The van der Waals surface area contributed by atoms with Crippen molar-refractivity contribution in [3.05, 3.63) is 47.7 Å². The number of hydrogen-bond acceptors (Lipinski definition) is 3. The van der Waals surface area contributed by atoms with Crippen LogP contribution in [0.25, 0.3) is 11.1 Å². The maximum absolute atomic E-state index is 11.0. The number of aromatic nitrogens is 1. The van der Waals surface area contributed by atoms with E-state index in [1.165, 1.54) is 0 Å². The van der Waals surface area contributed by atoms with Crippen LogP contribution in [0.15, 0.2) is 36.5 Å². The molecule has 0 aliphatic rings. The summed E-state index contributed by atoms with van der Waals surface area (Å²) in [4.78, 5) is 15.2. The zero-order valence-electron chi connectivity index (χ0n) is 10.2. The van der Waals surface area contributed by atoms with E-state index in [1.807, 2.05) is 19.1 Å². The number of methoxy groups -OCH3 is 1. The molecule has 0 saturated heterocycles. The molecular formula is C14H13NO3. The Morgan fingerprint density at radius 3 is 2.78 bits per heavy atom. The molecule has 2 aromatic rings. The summed E-state index contributed by atoms with van der Waals surface area (Å²) < 4.78 is 5.18. The predicted molar refractivity (Wildman–Crippen MR) is 67.9 cm³/mol. The van der Waals surface area contributed by atoms with E-state index in [2.05, 4.69) is 4.98 Å². The van der Waals surface area contributed by atoms with Gasteiger partial charge in [-0.05, 0) is 42.3 Å². The molecule has 0 bridgehead atoms. The average molecular weight is 243 g/mol.